The van der Waals surface area contributed by atoms with Gasteiger partial charge in [-0.2, -0.15) is 4.72 Å². The Kier molecular flexibility index (Phi) is 7.13. The smallest absolute Gasteiger partial charge is 0.324 e. The van der Waals surface area contributed by atoms with Gasteiger partial charge in [0, 0.05) is 5.69 Å². The number of hydrogen-bond acceptors (Lipinski definition) is 6. The molecule has 0 saturated carbocycles. The minimum Gasteiger partial charge on any atom is -0.497 e. The second kappa shape index (κ2) is 9.34. The number of carbonyl (C=O) groups excluding carboxylic acids is 2. The predicted octanol–water partition coefficient (Wildman–Crippen LogP) is 1.85. The molecule has 28 heavy (non-hydrogen) atoms. The lowest BCUT2D eigenvalue weighted by Gasteiger charge is -2.14. The Labute approximate surface area is 163 Å². The first-order valence-corrected chi connectivity index (χ1v) is 9.90. The highest BCUT2D eigenvalue weighted by Crippen LogP contribution is 2.16. The first-order valence-electron chi connectivity index (χ1n) is 8.41. The Hall–Kier alpha value is -2.91. The summed E-state index contributed by atoms with van der Waals surface area (Å²) in [4.78, 5) is 23.9. The zero-order valence-corrected chi connectivity index (χ0v) is 16.6. The van der Waals surface area contributed by atoms with Crippen LogP contribution in [0.2, 0.25) is 0 Å². The molecule has 0 heterocycles. The number of benzene rings is 2. The molecular weight excluding hydrogens is 384 g/mol. The van der Waals surface area contributed by atoms with E-state index in [1.165, 1.54) is 38.3 Å². The van der Waals surface area contributed by atoms with Crippen molar-refractivity contribution in [2.24, 2.45) is 0 Å². The van der Waals surface area contributed by atoms with E-state index in [1.807, 2.05) is 19.1 Å². The Bertz CT molecular complexity index is 941. The number of methoxy groups -OCH3 is 1. The minimum absolute atomic E-state index is 0.0229. The molecule has 9 heteroatoms. The summed E-state index contributed by atoms with van der Waals surface area (Å²) in [7, 11) is -2.46. The number of para-hydroxylation sites is 1. The van der Waals surface area contributed by atoms with Crippen molar-refractivity contribution in [3.05, 3.63) is 54.1 Å². The molecule has 2 N–H and O–H groups in total. The standard InChI is InChI=1S/C19H22N2O6S/c1-13-6-4-5-7-17(13)20-18(22)12-27-19(23)14(2)21-28(24,25)16-10-8-15(26-3)9-11-16/h4-11,14,21H,12H2,1-3H3,(H,20,22)/t14-/m0/s1. The molecule has 0 unspecified atom stereocenters. The molecule has 2 rings (SSSR count). The van der Waals surface area contributed by atoms with Crippen molar-refractivity contribution in [1.29, 1.82) is 0 Å². The van der Waals surface area contributed by atoms with Gasteiger partial charge in [0.05, 0.1) is 12.0 Å². The van der Waals surface area contributed by atoms with Crippen LogP contribution in [0.4, 0.5) is 5.69 Å². The zero-order chi connectivity index (χ0) is 20.7. The van der Waals surface area contributed by atoms with E-state index in [0.717, 1.165) is 5.56 Å². The zero-order valence-electron chi connectivity index (χ0n) is 15.8. The lowest BCUT2D eigenvalue weighted by molar-refractivity contribution is -0.148. The molecule has 1 atom stereocenters. The number of nitrogens with one attached hydrogen (secondary N) is 2. The normalized spacial score (nSPS) is 12.1. The topological polar surface area (TPSA) is 111 Å². The van der Waals surface area contributed by atoms with Crippen molar-refractivity contribution in [1.82, 2.24) is 4.72 Å². The number of amides is 1. The van der Waals surface area contributed by atoms with Gasteiger partial charge in [-0.1, -0.05) is 18.2 Å². The summed E-state index contributed by atoms with van der Waals surface area (Å²) in [6.07, 6.45) is 0. The van der Waals surface area contributed by atoms with Crippen LogP contribution in [0, 0.1) is 6.92 Å². The lowest BCUT2D eigenvalue weighted by Crippen LogP contribution is -2.40. The summed E-state index contributed by atoms with van der Waals surface area (Å²) in [5.74, 6) is -0.879. The van der Waals surface area contributed by atoms with Crippen molar-refractivity contribution in [2.75, 3.05) is 19.0 Å². The van der Waals surface area contributed by atoms with E-state index >= 15 is 0 Å². The van der Waals surface area contributed by atoms with Crippen molar-refractivity contribution < 1.29 is 27.5 Å². The van der Waals surface area contributed by atoms with Gasteiger partial charge in [-0.3, -0.25) is 9.59 Å². The van der Waals surface area contributed by atoms with Gasteiger partial charge in [-0.15, -0.1) is 0 Å². The molecule has 8 nitrogen and oxygen atoms in total. The van der Waals surface area contributed by atoms with Gasteiger partial charge in [0.25, 0.3) is 5.91 Å². The summed E-state index contributed by atoms with van der Waals surface area (Å²) in [6, 6.07) is 11.7. The lowest BCUT2D eigenvalue weighted by atomic mass is 10.2. The first kappa shape index (κ1) is 21.4. The third-order valence-corrected chi connectivity index (χ3v) is 5.38. The van der Waals surface area contributed by atoms with E-state index < -0.39 is 34.5 Å². The third kappa shape index (κ3) is 5.80. The van der Waals surface area contributed by atoms with Crippen molar-refractivity contribution in [2.45, 2.75) is 24.8 Å². The van der Waals surface area contributed by atoms with Crippen LogP contribution in [0.5, 0.6) is 5.75 Å². The number of rotatable bonds is 8. The summed E-state index contributed by atoms with van der Waals surface area (Å²) in [6.45, 7) is 2.64. The summed E-state index contributed by atoms with van der Waals surface area (Å²) in [5, 5.41) is 2.62. The Balaban J connectivity index is 1.89. The van der Waals surface area contributed by atoms with Gasteiger partial charge in [0.1, 0.15) is 11.8 Å². The number of aryl methyl sites for hydroxylation is 1. The van der Waals surface area contributed by atoms with Gasteiger partial charge in [0.2, 0.25) is 10.0 Å². The number of hydrogen-bond donors (Lipinski definition) is 2. The van der Waals surface area contributed by atoms with Crippen molar-refractivity contribution in [3.63, 3.8) is 0 Å². The molecule has 0 bridgehead atoms. The molecular formula is C19H22N2O6S. The van der Waals surface area contributed by atoms with Crippen LogP contribution in [-0.2, 0) is 24.3 Å². The molecule has 150 valence electrons. The molecule has 0 aliphatic rings. The molecule has 0 fully saturated rings. The Morgan fingerprint density at radius 1 is 1.07 bits per heavy atom. The second-order valence-corrected chi connectivity index (χ2v) is 7.70. The van der Waals surface area contributed by atoms with Gasteiger partial charge >= 0.3 is 5.97 Å². The second-order valence-electron chi connectivity index (χ2n) is 5.99. The Morgan fingerprint density at radius 3 is 2.32 bits per heavy atom. The molecule has 2 aromatic rings. The number of ether oxygens (including phenoxy) is 2. The van der Waals surface area contributed by atoms with Crippen LogP contribution in [0.1, 0.15) is 12.5 Å². The van der Waals surface area contributed by atoms with Crippen LogP contribution in [0.3, 0.4) is 0 Å². The first-order chi connectivity index (χ1) is 13.2. The highest BCUT2D eigenvalue weighted by Gasteiger charge is 2.23. The number of esters is 1. The third-order valence-electron chi connectivity index (χ3n) is 3.82. The van der Waals surface area contributed by atoms with Gasteiger partial charge in [-0.05, 0) is 49.7 Å². The van der Waals surface area contributed by atoms with Crippen LogP contribution < -0.4 is 14.8 Å². The fraction of sp³-hybridized carbons (Fsp3) is 0.263. The number of sulfonamides is 1. The molecule has 2 aromatic carbocycles. The van der Waals surface area contributed by atoms with Gasteiger partial charge in [-0.25, -0.2) is 8.42 Å². The van der Waals surface area contributed by atoms with E-state index in [4.69, 9.17) is 9.47 Å². The Morgan fingerprint density at radius 2 is 1.71 bits per heavy atom. The maximum absolute atomic E-state index is 12.3. The molecule has 0 saturated heterocycles. The van der Waals surface area contributed by atoms with Gasteiger partial charge < -0.3 is 14.8 Å². The van der Waals surface area contributed by atoms with E-state index in [1.54, 1.807) is 12.1 Å². The number of carbonyl (C=O) groups is 2. The molecule has 0 aliphatic carbocycles. The summed E-state index contributed by atoms with van der Waals surface area (Å²) < 4.78 is 36.7. The molecule has 0 radical (unpaired) electrons. The van der Waals surface area contributed by atoms with Crippen molar-refractivity contribution >= 4 is 27.6 Å². The van der Waals surface area contributed by atoms with Crippen LogP contribution in [0.25, 0.3) is 0 Å². The average Bonchev–Trinajstić information content (AvgIpc) is 2.67. The quantitative estimate of drug-likeness (QED) is 0.648. The molecule has 0 aliphatic heterocycles. The predicted molar refractivity (Wildman–Crippen MR) is 104 cm³/mol. The molecule has 0 aromatic heterocycles. The highest BCUT2D eigenvalue weighted by atomic mass is 32.2. The van der Waals surface area contributed by atoms with E-state index in [2.05, 4.69) is 10.0 Å². The number of anilines is 1. The van der Waals surface area contributed by atoms with Gasteiger partial charge in [0.15, 0.2) is 6.61 Å². The van der Waals surface area contributed by atoms with E-state index in [-0.39, 0.29) is 4.90 Å². The summed E-state index contributed by atoms with van der Waals surface area (Å²) >= 11 is 0. The molecule has 1 amide bonds. The maximum Gasteiger partial charge on any atom is 0.324 e. The van der Waals surface area contributed by atoms with E-state index in [0.29, 0.717) is 11.4 Å². The minimum atomic E-state index is -3.93. The fourth-order valence-electron chi connectivity index (χ4n) is 2.26. The summed E-state index contributed by atoms with van der Waals surface area (Å²) in [5.41, 5.74) is 1.47. The SMILES string of the molecule is COc1ccc(S(=O)(=O)N[C@@H](C)C(=O)OCC(=O)Nc2ccccc2C)cc1. The highest BCUT2D eigenvalue weighted by molar-refractivity contribution is 7.89. The van der Waals surface area contributed by atoms with E-state index in [9.17, 15) is 18.0 Å². The van der Waals surface area contributed by atoms with Crippen LogP contribution in [0.15, 0.2) is 53.4 Å². The van der Waals surface area contributed by atoms with Crippen LogP contribution in [-0.4, -0.2) is 40.1 Å². The average molecular weight is 406 g/mol. The largest absolute Gasteiger partial charge is 0.497 e. The maximum atomic E-state index is 12.3. The monoisotopic (exact) mass is 406 g/mol. The van der Waals surface area contributed by atoms with Crippen LogP contribution >= 0.6 is 0 Å². The molecule has 0 spiro atoms. The van der Waals surface area contributed by atoms with Crippen molar-refractivity contribution in [3.8, 4) is 5.75 Å². The fourth-order valence-corrected chi connectivity index (χ4v) is 3.46.